The predicted molar refractivity (Wildman–Crippen MR) is 75.2 cm³/mol. The minimum Gasteiger partial charge on any atom is -0.267 e. The highest BCUT2D eigenvalue weighted by atomic mass is 35.5. The highest BCUT2D eigenvalue weighted by Gasteiger charge is 2.42. The largest absolute Gasteiger partial charge is 0.267 e. The standard InChI is InChI=1S/C13H15ClN2O2S/c14-8-7-13(5-6-13)9-15-12-10-3-1-2-4-11(10)19(17,18)16-12/h1-4H,5-9H2,(H,15,16). The van der Waals surface area contributed by atoms with E-state index in [2.05, 4.69) is 9.71 Å². The summed E-state index contributed by atoms with van der Waals surface area (Å²) in [7, 11) is -3.42. The van der Waals surface area contributed by atoms with Gasteiger partial charge in [-0.15, -0.1) is 11.6 Å². The van der Waals surface area contributed by atoms with Gasteiger partial charge in [0.25, 0.3) is 10.0 Å². The van der Waals surface area contributed by atoms with Gasteiger partial charge >= 0.3 is 0 Å². The lowest BCUT2D eigenvalue weighted by Crippen LogP contribution is -2.23. The van der Waals surface area contributed by atoms with Crippen LogP contribution in [0.1, 0.15) is 24.8 Å². The zero-order valence-corrected chi connectivity index (χ0v) is 12.0. The van der Waals surface area contributed by atoms with Crippen LogP contribution in [0.25, 0.3) is 0 Å². The molecule has 1 aliphatic heterocycles. The Hall–Kier alpha value is -1.07. The molecule has 0 saturated heterocycles. The van der Waals surface area contributed by atoms with Gasteiger partial charge in [0.05, 0.1) is 4.90 Å². The van der Waals surface area contributed by atoms with Crippen molar-refractivity contribution in [2.75, 3.05) is 12.4 Å². The highest BCUT2D eigenvalue weighted by Crippen LogP contribution is 2.49. The number of nitrogens with one attached hydrogen (secondary N) is 1. The van der Waals surface area contributed by atoms with Gasteiger partial charge in [0, 0.05) is 18.0 Å². The van der Waals surface area contributed by atoms with Gasteiger partial charge in [-0.1, -0.05) is 12.1 Å². The van der Waals surface area contributed by atoms with Gasteiger partial charge in [0.15, 0.2) is 0 Å². The average Bonchev–Trinajstić information content (AvgIpc) is 3.10. The molecule has 0 amide bonds. The Morgan fingerprint density at radius 2 is 2.05 bits per heavy atom. The number of sulfonamides is 1. The molecule has 1 heterocycles. The smallest absolute Gasteiger partial charge is 0.263 e. The number of hydrogen-bond donors (Lipinski definition) is 1. The second-order valence-corrected chi connectivity index (χ2v) is 7.23. The predicted octanol–water partition coefficient (Wildman–Crippen LogP) is 2.13. The van der Waals surface area contributed by atoms with Crippen LogP contribution in [0.5, 0.6) is 0 Å². The van der Waals surface area contributed by atoms with E-state index in [1.165, 1.54) is 0 Å². The second kappa shape index (κ2) is 4.49. The van der Waals surface area contributed by atoms with Crippen molar-refractivity contribution in [2.24, 2.45) is 10.4 Å². The molecule has 0 aromatic heterocycles. The summed E-state index contributed by atoms with van der Waals surface area (Å²) in [6.07, 6.45) is 3.20. The van der Waals surface area contributed by atoms with Gasteiger partial charge < -0.3 is 0 Å². The summed E-state index contributed by atoms with van der Waals surface area (Å²) in [5.41, 5.74) is 0.877. The molecule has 0 bridgehead atoms. The van der Waals surface area contributed by atoms with E-state index >= 15 is 0 Å². The number of nitrogens with zero attached hydrogens (tertiary/aromatic N) is 1. The Morgan fingerprint density at radius 3 is 2.74 bits per heavy atom. The SMILES string of the molecule is O=S1(=O)NC(=NCC2(CCCl)CC2)c2ccccc21. The van der Waals surface area contributed by atoms with E-state index < -0.39 is 10.0 Å². The lowest BCUT2D eigenvalue weighted by Gasteiger charge is -2.10. The molecular weight excluding hydrogens is 284 g/mol. The minimum absolute atomic E-state index is 0.206. The third-order valence-electron chi connectivity index (χ3n) is 3.82. The van der Waals surface area contributed by atoms with Crippen LogP contribution >= 0.6 is 11.6 Å². The molecule has 1 saturated carbocycles. The number of halogens is 1. The quantitative estimate of drug-likeness (QED) is 0.866. The fraction of sp³-hybridized carbons (Fsp3) is 0.462. The molecule has 0 radical (unpaired) electrons. The van der Waals surface area contributed by atoms with E-state index in [-0.39, 0.29) is 5.41 Å². The van der Waals surface area contributed by atoms with Gasteiger partial charge in [0.1, 0.15) is 5.84 Å². The molecule has 1 aromatic rings. The molecule has 102 valence electrons. The first-order valence-corrected chi connectivity index (χ1v) is 8.31. The van der Waals surface area contributed by atoms with Crippen LogP contribution in [0.15, 0.2) is 34.2 Å². The lowest BCUT2D eigenvalue weighted by molar-refractivity contribution is 0.509. The molecule has 1 N–H and O–H groups in total. The molecule has 4 nitrogen and oxygen atoms in total. The first-order valence-electron chi connectivity index (χ1n) is 6.29. The minimum atomic E-state index is -3.42. The van der Waals surface area contributed by atoms with Crippen molar-refractivity contribution in [3.8, 4) is 0 Å². The zero-order chi connectivity index (χ0) is 13.5. The molecule has 2 aliphatic rings. The molecular formula is C13H15ClN2O2S. The summed E-state index contributed by atoms with van der Waals surface area (Å²) in [6.45, 7) is 0.645. The number of aliphatic imine (C=N–C) groups is 1. The van der Waals surface area contributed by atoms with Crippen LogP contribution < -0.4 is 4.72 Å². The number of benzene rings is 1. The molecule has 6 heteroatoms. The molecule has 1 aliphatic carbocycles. The van der Waals surface area contributed by atoms with Crippen LogP contribution in [0, 0.1) is 5.41 Å². The molecule has 19 heavy (non-hydrogen) atoms. The van der Waals surface area contributed by atoms with E-state index in [9.17, 15) is 8.42 Å². The van der Waals surface area contributed by atoms with E-state index in [0.29, 0.717) is 28.7 Å². The second-order valence-electron chi connectivity index (χ2n) is 5.21. The van der Waals surface area contributed by atoms with Crippen LogP contribution in [0.2, 0.25) is 0 Å². The Kier molecular flexibility index (Phi) is 3.06. The summed E-state index contributed by atoms with van der Waals surface area (Å²) in [5, 5.41) is 0. The number of fused-ring (bicyclic) bond motifs is 1. The van der Waals surface area contributed by atoms with Gasteiger partial charge in [-0.05, 0) is 36.8 Å². The van der Waals surface area contributed by atoms with Gasteiger partial charge in [-0.2, -0.15) is 0 Å². The maximum absolute atomic E-state index is 11.9. The van der Waals surface area contributed by atoms with E-state index in [1.807, 2.05) is 6.07 Å². The first kappa shape index (κ1) is 12.9. The Labute approximate surface area is 117 Å². The first-order chi connectivity index (χ1) is 9.06. The zero-order valence-electron chi connectivity index (χ0n) is 10.4. The number of alkyl halides is 1. The molecule has 0 unspecified atom stereocenters. The third kappa shape index (κ3) is 2.37. The van der Waals surface area contributed by atoms with Gasteiger partial charge in [-0.25, -0.2) is 8.42 Å². The summed E-state index contributed by atoms with van der Waals surface area (Å²) in [6, 6.07) is 6.93. The highest BCUT2D eigenvalue weighted by molar-refractivity contribution is 7.90. The molecule has 0 spiro atoms. The van der Waals surface area contributed by atoms with Crippen molar-refractivity contribution in [1.82, 2.24) is 4.72 Å². The van der Waals surface area contributed by atoms with Crippen LogP contribution in [-0.2, 0) is 10.0 Å². The van der Waals surface area contributed by atoms with Crippen molar-refractivity contribution in [3.05, 3.63) is 29.8 Å². The topological polar surface area (TPSA) is 58.5 Å². The summed E-state index contributed by atoms with van der Waals surface area (Å²) in [4.78, 5) is 4.80. The summed E-state index contributed by atoms with van der Waals surface area (Å²) >= 11 is 5.79. The summed E-state index contributed by atoms with van der Waals surface area (Å²) in [5.74, 6) is 1.10. The van der Waals surface area contributed by atoms with Gasteiger partial charge in [-0.3, -0.25) is 9.71 Å². The maximum atomic E-state index is 11.9. The molecule has 1 aromatic carbocycles. The van der Waals surface area contributed by atoms with Crippen molar-refractivity contribution in [1.29, 1.82) is 0 Å². The van der Waals surface area contributed by atoms with Crippen LogP contribution in [0.3, 0.4) is 0 Å². The van der Waals surface area contributed by atoms with E-state index in [1.54, 1.807) is 18.2 Å². The normalized spacial score (nSPS) is 23.9. The average molecular weight is 299 g/mol. The maximum Gasteiger partial charge on any atom is 0.263 e. The Morgan fingerprint density at radius 1 is 1.32 bits per heavy atom. The van der Waals surface area contributed by atoms with Crippen molar-refractivity contribution >= 4 is 27.5 Å². The number of hydrogen-bond acceptors (Lipinski definition) is 3. The third-order valence-corrected chi connectivity index (χ3v) is 5.40. The molecule has 1 fully saturated rings. The van der Waals surface area contributed by atoms with E-state index in [4.69, 9.17) is 11.6 Å². The van der Waals surface area contributed by atoms with Crippen molar-refractivity contribution in [3.63, 3.8) is 0 Å². The fourth-order valence-electron chi connectivity index (χ4n) is 2.36. The van der Waals surface area contributed by atoms with Crippen molar-refractivity contribution in [2.45, 2.75) is 24.2 Å². The molecule has 0 atom stereocenters. The number of rotatable bonds is 4. The van der Waals surface area contributed by atoms with Crippen LogP contribution in [0.4, 0.5) is 0 Å². The summed E-state index contributed by atoms with van der Waals surface area (Å²) < 4.78 is 26.4. The van der Waals surface area contributed by atoms with Crippen molar-refractivity contribution < 1.29 is 8.42 Å². The Balaban J connectivity index is 1.88. The molecule has 3 rings (SSSR count). The van der Waals surface area contributed by atoms with Gasteiger partial charge in [0.2, 0.25) is 0 Å². The monoisotopic (exact) mass is 298 g/mol. The van der Waals surface area contributed by atoms with E-state index in [0.717, 1.165) is 19.3 Å². The van der Waals surface area contributed by atoms with Crippen LogP contribution in [-0.4, -0.2) is 26.7 Å². The Bertz CT molecular complexity index is 636. The fourth-order valence-corrected chi connectivity index (χ4v) is 4.01. The number of amidine groups is 1. The lowest BCUT2D eigenvalue weighted by atomic mass is 10.0.